The molecular weight excluding hydrogens is 230 g/mol. The molecule has 5 nitrogen and oxygen atoms in total. The van der Waals surface area contributed by atoms with Gasteiger partial charge in [-0.25, -0.2) is 5.43 Å². The predicted octanol–water partition coefficient (Wildman–Crippen LogP) is 0.782. The number of nitrogens with one attached hydrogen (secondary N) is 2. The molecule has 18 heavy (non-hydrogen) atoms. The van der Waals surface area contributed by atoms with Gasteiger partial charge in [0.2, 0.25) is 5.91 Å². The topological polar surface area (TPSA) is 73.7 Å². The first kappa shape index (κ1) is 13.5. The molecule has 102 valence electrons. The number of aliphatic hydroxyl groups excluding tert-OH is 1. The van der Waals surface area contributed by atoms with E-state index in [-0.39, 0.29) is 17.9 Å². The number of hydrogen-bond acceptors (Lipinski definition) is 4. The van der Waals surface area contributed by atoms with E-state index < -0.39 is 6.10 Å². The Morgan fingerprint density at radius 1 is 1.22 bits per heavy atom. The normalized spacial score (nSPS) is 33.5. The van der Waals surface area contributed by atoms with Gasteiger partial charge in [0.05, 0.1) is 12.0 Å². The van der Waals surface area contributed by atoms with Crippen LogP contribution in [0.3, 0.4) is 0 Å². The van der Waals surface area contributed by atoms with Crippen molar-refractivity contribution >= 4 is 12.1 Å². The van der Waals surface area contributed by atoms with Crippen LogP contribution >= 0.6 is 0 Å². The molecule has 0 bridgehead atoms. The zero-order chi connectivity index (χ0) is 12.8. The predicted molar refractivity (Wildman–Crippen MR) is 70.2 cm³/mol. The number of amides is 1. The second-order valence-corrected chi connectivity index (χ2v) is 5.27. The van der Waals surface area contributed by atoms with Crippen molar-refractivity contribution in [2.45, 2.75) is 57.1 Å². The minimum atomic E-state index is -0.498. The van der Waals surface area contributed by atoms with Crippen molar-refractivity contribution in [2.75, 3.05) is 6.54 Å². The van der Waals surface area contributed by atoms with Crippen LogP contribution < -0.4 is 10.7 Å². The summed E-state index contributed by atoms with van der Waals surface area (Å²) < 4.78 is 0. The summed E-state index contributed by atoms with van der Waals surface area (Å²) in [6, 6.07) is 0.273. The average Bonchev–Trinajstić information content (AvgIpc) is 2.40. The minimum Gasteiger partial charge on any atom is -0.392 e. The van der Waals surface area contributed by atoms with Gasteiger partial charge in [-0.15, -0.1) is 0 Å². The van der Waals surface area contributed by atoms with Crippen molar-refractivity contribution in [3.63, 3.8) is 0 Å². The largest absolute Gasteiger partial charge is 0.392 e. The van der Waals surface area contributed by atoms with Crippen LogP contribution in [0.4, 0.5) is 0 Å². The SMILES string of the molecule is O=C(N/N=C/C1CCCCN1)C1CCCCC1O. The maximum Gasteiger partial charge on any atom is 0.245 e. The third-order valence-corrected chi connectivity index (χ3v) is 3.84. The number of piperidine rings is 1. The molecule has 2 aliphatic rings. The van der Waals surface area contributed by atoms with Crippen LogP contribution in [0, 0.1) is 5.92 Å². The van der Waals surface area contributed by atoms with E-state index in [2.05, 4.69) is 15.8 Å². The molecule has 3 unspecified atom stereocenters. The molecule has 0 aromatic heterocycles. The van der Waals surface area contributed by atoms with E-state index in [0.29, 0.717) is 0 Å². The maximum atomic E-state index is 11.8. The third-order valence-electron chi connectivity index (χ3n) is 3.84. The molecule has 1 aliphatic carbocycles. The quantitative estimate of drug-likeness (QED) is 0.514. The Morgan fingerprint density at radius 3 is 2.72 bits per heavy atom. The molecule has 1 saturated heterocycles. The molecule has 2 fully saturated rings. The van der Waals surface area contributed by atoms with Crippen molar-refractivity contribution < 1.29 is 9.90 Å². The van der Waals surface area contributed by atoms with Crippen molar-refractivity contribution in [1.82, 2.24) is 10.7 Å². The molecule has 0 aromatic rings. The first-order valence-electron chi connectivity index (χ1n) is 7.02. The molecule has 0 spiro atoms. The molecule has 5 heteroatoms. The smallest absolute Gasteiger partial charge is 0.245 e. The summed E-state index contributed by atoms with van der Waals surface area (Å²) >= 11 is 0. The highest BCUT2D eigenvalue weighted by Gasteiger charge is 2.29. The lowest BCUT2D eigenvalue weighted by Crippen LogP contribution is -2.39. The Kier molecular flexibility index (Phi) is 5.13. The van der Waals surface area contributed by atoms with Crippen LogP contribution in [0.2, 0.25) is 0 Å². The van der Waals surface area contributed by atoms with Gasteiger partial charge in [-0.1, -0.05) is 19.3 Å². The second kappa shape index (κ2) is 6.85. The highest BCUT2D eigenvalue weighted by atomic mass is 16.3. The summed E-state index contributed by atoms with van der Waals surface area (Å²) in [5, 5.41) is 17.1. The number of aliphatic hydroxyl groups is 1. The summed E-state index contributed by atoms with van der Waals surface area (Å²) in [6.07, 6.45) is 8.29. The number of rotatable bonds is 3. The summed E-state index contributed by atoms with van der Waals surface area (Å²) in [4.78, 5) is 11.8. The molecular formula is C13H23N3O2. The Bertz CT molecular complexity index is 301. The monoisotopic (exact) mass is 253 g/mol. The Hall–Kier alpha value is -0.940. The van der Waals surface area contributed by atoms with E-state index in [1.54, 1.807) is 6.21 Å². The molecule has 1 aliphatic heterocycles. The summed E-state index contributed by atoms with van der Waals surface area (Å²) in [7, 11) is 0. The van der Waals surface area contributed by atoms with Gasteiger partial charge >= 0.3 is 0 Å². The van der Waals surface area contributed by atoms with E-state index in [0.717, 1.165) is 38.6 Å². The van der Waals surface area contributed by atoms with Crippen molar-refractivity contribution in [3.8, 4) is 0 Å². The molecule has 0 radical (unpaired) electrons. The molecule has 1 saturated carbocycles. The van der Waals surface area contributed by atoms with E-state index in [1.807, 2.05) is 0 Å². The zero-order valence-corrected chi connectivity index (χ0v) is 10.8. The zero-order valence-electron chi connectivity index (χ0n) is 10.8. The third kappa shape index (κ3) is 3.78. The number of carbonyl (C=O) groups excluding carboxylic acids is 1. The summed E-state index contributed by atoms with van der Waals surface area (Å²) in [6.45, 7) is 1.02. The second-order valence-electron chi connectivity index (χ2n) is 5.27. The Balaban J connectivity index is 1.74. The van der Waals surface area contributed by atoms with Crippen LogP contribution in [0.1, 0.15) is 44.9 Å². The van der Waals surface area contributed by atoms with Gasteiger partial charge in [-0.3, -0.25) is 4.79 Å². The fraction of sp³-hybridized carbons (Fsp3) is 0.846. The molecule has 1 heterocycles. The van der Waals surface area contributed by atoms with Crippen LogP contribution in [-0.4, -0.2) is 35.9 Å². The van der Waals surface area contributed by atoms with Crippen LogP contribution in [0.5, 0.6) is 0 Å². The van der Waals surface area contributed by atoms with Gasteiger partial charge in [0.1, 0.15) is 0 Å². The number of nitrogens with zero attached hydrogens (tertiary/aromatic N) is 1. The summed E-state index contributed by atoms with van der Waals surface area (Å²) in [5.74, 6) is -0.426. The average molecular weight is 253 g/mol. The van der Waals surface area contributed by atoms with Gasteiger partial charge in [-0.2, -0.15) is 5.10 Å². The molecule has 1 amide bonds. The molecule has 3 N–H and O–H groups in total. The van der Waals surface area contributed by atoms with Crippen LogP contribution in [0.25, 0.3) is 0 Å². The fourth-order valence-electron chi connectivity index (χ4n) is 2.70. The Labute approximate surface area is 108 Å². The first-order valence-corrected chi connectivity index (χ1v) is 7.02. The summed E-state index contributed by atoms with van der Waals surface area (Å²) in [5.41, 5.74) is 2.56. The van der Waals surface area contributed by atoms with Crippen LogP contribution in [0.15, 0.2) is 5.10 Å². The molecule has 2 rings (SSSR count). The van der Waals surface area contributed by atoms with Crippen molar-refractivity contribution in [1.29, 1.82) is 0 Å². The van der Waals surface area contributed by atoms with E-state index >= 15 is 0 Å². The first-order chi connectivity index (χ1) is 8.77. The van der Waals surface area contributed by atoms with Crippen molar-refractivity contribution in [3.05, 3.63) is 0 Å². The lowest BCUT2D eigenvalue weighted by atomic mass is 9.86. The number of hydrogen-bond donors (Lipinski definition) is 3. The lowest BCUT2D eigenvalue weighted by molar-refractivity contribution is -0.130. The Morgan fingerprint density at radius 2 is 2.00 bits per heavy atom. The van der Waals surface area contributed by atoms with Gasteiger partial charge in [-0.05, 0) is 32.2 Å². The van der Waals surface area contributed by atoms with E-state index in [1.165, 1.54) is 12.8 Å². The molecule has 3 atom stereocenters. The van der Waals surface area contributed by atoms with E-state index in [4.69, 9.17) is 0 Å². The van der Waals surface area contributed by atoms with Gasteiger partial charge in [0.15, 0.2) is 0 Å². The van der Waals surface area contributed by atoms with Gasteiger partial charge < -0.3 is 10.4 Å². The standard InChI is InChI=1S/C13H23N3O2/c17-12-7-2-1-6-11(12)13(18)16-15-9-10-5-3-4-8-14-10/h9-12,14,17H,1-8H2,(H,16,18)/b15-9+. The fourth-order valence-corrected chi connectivity index (χ4v) is 2.70. The van der Waals surface area contributed by atoms with Gasteiger partial charge in [0.25, 0.3) is 0 Å². The maximum absolute atomic E-state index is 11.8. The highest BCUT2D eigenvalue weighted by molar-refractivity contribution is 5.80. The van der Waals surface area contributed by atoms with Crippen molar-refractivity contribution in [2.24, 2.45) is 11.0 Å². The minimum absolute atomic E-state index is 0.144. The number of carbonyl (C=O) groups is 1. The van der Waals surface area contributed by atoms with Crippen LogP contribution in [-0.2, 0) is 4.79 Å². The lowest BCUT2D eigenvalue weighted by Gasteiger charge is -2.25. The molecule has 0 aromatic carbocycles. The highest BCUT2D eigenvalue weighted by Crippen LogP contribution is 2.24. The van der Waals surface area contributed by atoms with E-state index in [9.17, 15) is 9.90 Å². The number of hydrazone groups is 1. The van der Waals surface area contributed by atoms with Gasteiger partial charge in [0, 0.05) is 12.3 Å².